The quantitative estimate of drug-likeness (QED) is 0.771. The molecule has 0 spiro atoms. The first-order valence-electron chi connectivity index (χ1n) is 9.76. The number of hydrogen-bond acceptors (Lipinski definition) is 5. The van der Waals surface area contributed by atoms with Gasteiger partial charge in [-0.3, -0.25) is 9.59 Å². The van der Waals surface area contributed by atoms with Gasteiger partial charge in [0.1, 0.15) is 5.58 Å². The maximum Gasteiger partial charge on any atom is 0.374 e. The maximum atomic E-state index is 12.9. The zero-order chi connectivity index (χ0) is 18.6. The molecule has 0 unspecified atom stereocenters. The largest absolute Gasteiger partial charge is 0.452 e. The number of carbonyl (C=O) groups is 2. The molecule has 4 aliphatic carbocycles. The van der Waals surface area contributed by atoms with Crippen molar-refractivity contribution in [3.8, 4) is 0 Å². The molecule has 2 aromatic rings. The highest BCUT2D eigenvalue weighted by molar-refractivity contribution is 5.92. The molecule has 5 nitrogen and oxygen atoms in total. The van der Waals surface area contributed by atoms with Gasteiger partial charge >= 0.3 is 5.97 Å². The molecule has 1 aromatic heterocycles. The van der Waals surface area contributed by atoms with Crippen LogP contribution in [0.2, 0.25) is 0 Å². The van der Waals surface area contributed by atoms with Crippen LogP contribution in [0.15, 0.2) is 39.5 Å². The Balaban J connectivity index is 1.31. The van der Waals surface area contributed by atoms with Crippen molar-refractivity contribution in [3.05, 3.63) is 46.3 Å². The molecule has 6 rings (SSSR count). The summed E-state index contributed by atoms with van der Waals surface area (Å²) in [6.07, 6.45) is 6.61. The lowest BCUT2D eigenvalue weighted by molar-refractivity contribution is -0.147. The second-order valence-corrected chi connectivity index (χ2v) is 8.67. The Morgan fingerprint density at radius 3 is 2.33 bits per heavy atom. The molecule has 0 amide bonds. The van der Waals surface area contributed by atoms with Crippen molar-refractivity contribution >= 4 is 22.7 Å². The molecule has 27 heavy (non-hydrogen) atoms. The van der Waals surface area contributed by atoms with Gasteiger partial charge in [0, 0.05) is 11.5 Å². The predicted octanol–water partition coefficient (Wildman–Crippen LogP) is 3.74. The number of ketones is 1. The average Bonchev–Trinajstić information content (AvgIpc) is 2.64. The van der Waals surface area contributed by atoms with Crippen molar-refractivity contribution < 1.29 is 18.7 Å². The molecule has 0 radical (unpaired) electrons. The third kappa shape index (κ3) is 2.80. The van der Waals surface area contributed by atoms with Crippen LogP contribution in [0.4, 0.5) is 0 Å². The molecular formula is C22H22O5. The smallest absolute Gasteiger partial charge is 0.374 e. The van der Waals surface area contributed by atoms with Gasteiger partial charge in [-0.2, -0.15) is 0 Å². The van der Waals surface area contributed by atoms with E-state index in [-0.39, 0.29) is 29.0 Å². The number of fused-ring (bicyclic) bond motifs is 1. The summed E-state index contributed by atoms with van der Waals surface area (Å²) in [4.78, 5) is 37.4. The highest BCUT2D eigenvalue weighted by Gasteiger charge is 2.54. The van der Waals surface area contributed by atoms with E-state index < -0.39 is 5.97 Å². The molecule has 0 saturated heterocycles. The molecule has 140 valence electrons. The molecule has 4 fully saturated rings. The summed E-state index contributed by atoms with van der Waals surface area (Å²) in [5.41, 5.74) is -0.250. The minimum absolute atomic E-state index is 0.0399. The van der Waals surface area contributed by atoms with E-state index in [1.165, 1.54) is 19.3 Å². The fourth-order valence-electron chi connectivity index (χ4n) is 6.01. The van der Waals surface area contributed by atoms with Gasteiger partial charge in [-0.15, -0.1) is 0 Å². The van der Waals surface area contributed by atoms with Crippen molar-refractivity contribution in [1.29, 1.82) is 0 Å². The third-order valence-corrected chi connectivity index (χ3v) is 6.80. The molecule has 0 atom stereocenters. The van der Waals surface area contributed by atoms with Crippen LogP contribution in [-0.4, -0.2) is 18.4 Å². The Morgan fingerprint density at radius 2 is 1.67 bits per heavy atom. The first-order chi connectivity index (χ1) is 13.0. The number of rotatable bonds is 4. The van der Waals surface area contributed by atoms with Gasteiger partial charge < -0.3 is 9.15 Å². The molecule has 5 heteroatoms. The van der Waals surface area contributed by atoms with Gasteiger partial charge in [-0.05, 0) is 68.4 Å². The SMILES string of the molecule is O=C(OCC(=O)C12CC3CC(CC(C3)C1)C2)c1cc(=O)c2ccccc2o1. The first kappa shape index (κ1) is 16.7. The Morgan fingerprint density at radius 1 is 1.04 bits per heavy atom. The minimum atomic E-state index is -0.754. The molecule has 1 aromatic carbocycles. The fraction of sp³-hybridized carbons (Fsp3) is 0.500. The molecular weight excluding hydrogens is 344 g/mol. The number of esters is 1. The Hall–Kier alpha value is -2.43. The second kappa shape index (κ2) is 6.04. The normalized spacial score (nSPS) is 31.2. The van der Waals surface area contributed by atoms with E-state index in [0.29, 0.717) is 28.7 Å². The molecule has 0 aliphatic heterocycles. The number of Topliss-reactive ketones (excluding diaryl/α,β-unsaturated/α-hetero) is 1. The van der Waals surface area contributed by atoms with E-state index in [1.807, 2.05) is 0 Å². The van der Waals surface area contributed by atoms with Crippen LogP contribution < -0.4 is 5.43 Å². The van der Waals surface area contributed by atoms with Crippen molar-refractivity contribution in [2.24, 2.45) is 23.2 Å². The number of hydrogen-bond donors (Lipinski definition) is 0. The summed E-state index contributed by atoms with van der Waals surface area (Å²) in [7, 11) is 0. The van der Waals surface area contributed by atoms with E-state index in [4.69, 9.17) is 9.15 Å². The second-order valence-electron chi connectivity index (χ2n) is 8.67. The van der Waals surface area contributed by atoms with Crippen LogP contribution in [-0.2, 0) is 9.53 Å². The van der Waals surface area contributed by atoms with E-state index >= 15 is 0 Å². The lowest BCUT2D eigenvalue weighted by atomic mass is 9.48. The van der Waals surface area contributed by atoms with Crippen LogP contribution >= 0.6 is 0 Å². The van der Waals surface area contributed by atoms with Gasteiger partial charge in [0.25, 0.3) is 0 Å². The summed E-state index contributed by atoms with van der Waals surface area (Å²) in [5, 5.41) is 0.415. The van der Waals surface area contributed by atoms with Gasteiger partial charge in [0.05, 0.1) is 5.39 Å². The van der Waals surface area contributed by atoms with Crippen molar-refractivity contribution in [2.75, 3.05) is 6.61 Å². The standard InChI is InChI=1S/C22H22O5/c23-17-8-19(27-18-4-2-1-3-16(17)18)21(25)26-12-20(24)22-9-13-5-14(10-22)7-15(6-13)11-22/h1-4,8,13-15H,5-7,9-12H2. The van der Waals surface area contributed by atoms with Crippen molar-refractivity contribution in [2.45, 2.75) is 38.5 Å². The van der Waals surface area contributed by atoms with Crippen LogP contribution in [0.5, 0.6) is 0 Å². The number of benzene rings is 1. The van der Waals surface area contributed by atoms with Crippen LogP contribution in [0.25, 0.3) is 11.0 Å². The van der Waals surface area contributed by atoms with E-state index in [0.717, 1.165) is 25.3 Å². The van der Waals surface area contributed by atoms with Crippen LogP contribution in [0.1, 0.15) is 49.1 Å². The number of carbonyl (C=O) groups excluding carboxylic acids is 2. The summed E-state index contributed by atoms with van der Waals surface area (Å²) in [6.45, 7) is -0.235. The molecule has 4 saturated carbocycles. The molecule has 1 heterocycles. The zero-order valence-electron chi connectivity index (χ0n) is 15.1. The highest BCUT2D eigenvalue weighted by Crippen LogP contribution is 2.60. The van der Waals surface area contributed by atoms with Gasteiger partial charge in [-0.1, -0.05) is 12.1 Å². The Bertz CT molecular complexity index is 950. The lowest BCUT2D eigenvalue weighted by Crippen LogP contribution is -2.51. The molecule has 4 aliphatic rings. The maximum absolute atomic E-state index is 12.9. The summed E-state index contributed by atoms with van der Waals surface area (Å²) in [6, 6.07) is 7.89. The Kier molecular flexibility index (Phi) is 3.74. The van der Waals surface area contributed by atoms with Crippen molar-refractivity contribution in [3.63, 3.8) is 0 Å². The van der Waals surface area contributed by atoms with E-state index in [9.17, 15) is 14.4 Å². The fourth-order valence-corrected chi connectivity index (χ4v) is 6.01. The van der Waals surface area contributed by atoms with Crippen LogP contribution in [0.3, 0.4) is 0 Å². The van der Waals surface area contributed by atoms with E-state index in [1.54, 1.807) is 24.3 Å². The van der Waals surface area contributed by atoms with Gasteiger partial charge in [0.15, 0.2) is 17.8 Å². The predicted molar refractivity (Wildman–Crippen MR) is 98.4 cm³/mol. The summed E-state index contributed by atoms with van der Waals surface area (Å²) >= 11 is 0. The summed E-state index contributed by atoms with van der Waals surface area (Å²) < 4.78 is 10.8. The molecule has 4 bridgehead atoms. The van der Waals surface area contributed by atoms with Gasteiger partial charge in [-0.25, -0.2) is 4.79 Å². The topological polar surface area (TPSA) is 73.6 Å². The van der Waals surface area contributed by atoms with Crippen LogP contribution in [0, 0.1) is 23.2 Å². The summed E-state index contributed by atoms with van der Waals surface area (Å²) in [5.74, 6) is 1.12. The van der Waals surface area contributed by atoms with Crippen molar-refractivity contribution in [1.82, 2.24) is 0 Å². The minimum Gasteiger partial charge on any atom is -0.452 e. The monoisotopic (exact) mass is 366 g/mol. The average molecular weight is 366 g/mol. The van der Waals surface area contributed by atoms with Gasteiger partial charge in [0.2, 0.25) is 5.76 Å². The van der Waals surface area contributed by atoms with E-state index in [2.05, 4.69) is 0 Å². The lowest BCUT2D eigenvalue weighted by Gasteiger charge is -2.55. The zero-order valence-corrected chi connectivity index (χ0v) is 15.1. The number of ether oxygens (including phenoxy) is 1. The third-order valence-electron chi connectivity index (χ3n) is 6.80. The molecule has 0 N–H and O–H groups in total. The first-order valence-corrected chi connectivity index (χ1v) is 9.76. The number of para-hydroxylation sites is 1. The highest BCUT2D eigenvalue weighted by atomic mass is 16.5. The Labute approximate surface area is 156 Å².